The second-order valence-electron chi connectivity index (χ2n) is 5.90. The number of likely N-dealkylation sites (N-methyl/N-ethyl adjacent to an activating group) is 1. The Bertz CT molecular complexity index is 644. The van der Waals surface area contributed by atoms with Gasteiger partial charge < -0.3 is 4.90 Å². The van der Waals surface area contributed by atoms with E-state index in [1.807, 2.05) is 18.2 Å². The molecule has 2 aromatic rings. The number of benzene rings is 2. The molecular formula is C18H19Cl2N. The maximum atomic E-state index is 6.39. The summed E-state index contributed by atoms with van der Waals surface area (Å²) in [7, 11) is 4.31. The van der Waals surface area contributed by atoms with Crippen LogP contribution in [0.4, 0.5) is 0 Å². The third-order valence-electron chi connectivity index (χ3n) is 4.42. The highest BCUT2D eigenvalue weighted by Crippen LogP contribution is 2.39. The summed E-state index contributed by atoms with van der Waals surface area (Å²) in [6.45, 7) is 0. The van der Waals surface area contributed by atoms with E-state index in [2.05, 4.69) is 37.2 Å². The first-order valence-electron chi connectivity index (χ1n) is 7.29. The SMILES string of the molecule is CN(C)C1CCc2c(cccc2-c2c(Cl)cccc2Cl)C1. The predicted molar refractivity (Wildman–Crippen MR) is 91.4 cm³/mol. The zero-order chi connectivity index (χ0) is 15.0. The van der Waals surface area contributed by atoms with E-state index in [9.17, 15) is 0 Å². The fourth-order valence-electron chi connectivity index (χ4n) is 3.22. The molecular weight excluding hydrogens is 301 g/mol. The predicted octanol–water partition coefficient (Wildman–Crippen LogP) is 5.08. The molecule has 1 nitrogen and oxygen atoms in total. The monoisotopic (exact) mass is 319 g/mol. The van der Waals surface area contributed by atoms with Crippen molar-refractivity contribution in [3.05, 3.63) is 57.6 Å². The van der Waals surface area contributed by atoms with Crippen LogP contribution in [0.5, 0.6) is 0 Å². The molecule has 110 valence electrons. The molecule has 0 bridgehead atoms. The van der Waals surface area contributed by atoms with Crippen LogP contribution in [-0.2, 0) is 12.8 Å². The molecule has 1 aliphatic rings. The van der Waals surface area contributed by atoms with Gasteiger partial charge in [-0.2, -0.15) is 0 Å². The Morgan fingerprint density at radius 2 is 1.67 bits per heavy atom. The summed E-state index contributed by atoms with van der Waals surface area (Å²) in [6.07, 6.45) is 3.35. The molecule has 0 radical (unpaired) electrons. The third-order valence-corrected chi connectivity index (χ3v) is 5.05. The smallest absolute Gasteiger partial charge is 0.0499 e. The van der Waals surface area contributed by atoms with Crippen LogP contribution < -0.4 is 0 Å². The van der Waals surface area contributed by atoms with Gasteiger partial charge in [-0.15, -0.1) is 0 Å². The molecule has 0 amide bonds. The average molecular weight is 320 g/mol. The average Bonchev–Trinajstić information content (AvgIpc) is 2.46. The molecule has 0 fully saturated rings. The van der Waals surface area contributed by atoms with Crippen LogP contribution >= 0.6 is 23.2 Å². The van der Waals surface area contributed by atoms with Crippen molar-refractivity contribution in [1.29, 1.82) is 0 Å². The van der Waals surface area contributed by atoms with Gasteiger partial charge in [-0.05, 0) is 62.2 Å². The Kier molecular flexibility index (Phi) is 4.26. The van der Waals surface area contributed by atoms with Crippen LogP contribution in [0.2, 0.25) is 10.0 Å². The van der Waals surface area contributed by atoms with E-state index in [4.69, 9.17) is 23.2 Å². The number of fused-ring (bicyclic) bond motifs is 1. The Balaban J connectivity index is 2.09. The standard InChI is InChI=1S/C18H19Cl2N/c1-21(2)13-9-10-14-12(11-13)5-3-6-15(14)18-16(19)7-4-8-17(18)20/h3-8,13H,9-11H2,1-2H3. The number of hydrogen-bond donors (Lipinski definition) is 0. The van der Waals surface area contributed by atoms with Crippen molar-refractivity contribution in [2.45, 2.75) is 25.3 Å². The molecule has 1 aliphatic carbocycles. The topological polar surface area (TPSA) is 3.24 Å². The molecule has 3 rings (SSSR count). The van der Waals surface area contributed by atoms with Gasteiger partial charge in [0.15, 0.2) is 0 Å². The first-order chi connectivity index (χ1) is 10.1. The first-order valence-corrected chi connectivity index (χ1v) is 8.05. The quantitative estimate of drug-likeness (QED) is 0.746. The summed E-state index contributed by atoms with van der Waals surface area (Å²) in [5, 5.41) is 1.45. The van der Waals surface area contributed by atoms with Crippen LogP contribution in [-0.4, -0.2) is 25.0 Å². The fraction of sp³-hybridized carbons (Fsp3) is 0.333. The lowest BCUT2D eigenvalue weighted by Crippen LogP contribution is -2.33. The van der Waals surface area contributed by atoms with Crippen LogP contribution in [0.3, 0.4) is 0 Å². The van der Waals surface area contributed by atoms with E-state index >= 15 is 0 Å². The van der Waals surface area contributed by atoms with Crippen molar-refractivity contribution in [2.75, 3.05) is 14.1 Å². The van der Waals surface area contributed by atoms with E-state index < -0.39 is 0 Å². The van der Waals surface area contributed by atoms with Crippen molar-refractivity contribution in [1.82, 2.24) is 4.90 Å². The highest BCUT2D eigenvalue weighted by molar-refractivity contribution is 6.39. The summed E-state index contributed by atoms with van der Waals surface area (Å²) < 4.78 is 0. The Morgan fingerprint density at radius 3 is 2.33 bits per heavy atom. The largest absolute Gasteiger partial charge is 0.306 e. The highest BCUT2D eigenvalue weighted by Gasteiger charge is 2.23. The Labute approximate surface area is 136 Å². The maximum Gasteiger partial charge on any atom is 0.0499 e. The van der Waals surface area contributed by atoms with E-state index in [1.54, 1.807) is 0 Å². The molecule has 0 N–H and O–H groups in total. The lowest BCUT2D eigenvalue weighted by atomic mass is 9.83. The van der Waals surface area contributed by atoms with Gasteiger partial charge in [0.05, 0.1) is 0 Å². The van der Waals surface area contributed by atoms with Crippen LogP contribution in [0.1, 0.15) is 17.5 Å². The number of rotatable bonds is 2. The van der Waals surface area contributed by atoms with Gasteiger partial charge in [-0.1, -0.05) is 47.5 Å². The minimum Gasteiger partial charge on any atom is -0.306 e. The van der Waals surface area contributed by atoms with E-state index in [0.29, 0.717) is 6.04 Å². The molecule has 1 atom stereocenters. The van der Waals surface area contributed by atoms with Crippen molar-refractivity contribution >= 4 is 23.2 Å². The maximum absolute atomic E-state index is 6.39. The number of hydrogen-bond acceptors (Lipinski definition) is 1. The second kappa shape index (κ2) is 6.00. The van der Waals surface area contributed by atoms with Crippen molar-refractivity contribution in [3.63, 3.8) is 0 Å². The van der Waals surface area contributed by atoms with Crippen LogP contribution in [0, 0.1) is 0 Å². The normalized spacial score (nSPS) is 17.9. The first kappa shape index (κ1) is 14.9. The van der Waals surface area contributed by atoms with Crippen LogP contribution in [0.25, 0.3) is 11.1 Å². The second-order valence-corrected chi connectivity index (χ2v) is 6.71. The fourth-order valence-corrected chi connectivity index (χ4v) is 3.82. The zero-order valence-electron chi connectivity index (χ0n) is 12.4. The van der Waals surface area contributed by atoms with Gasteiger partial charge in [0.1, 0.15) is 0 Å². The molecule has 21 heavy (non-hydrogen) atoms. The van der Waals surface area contributed by atoms with Gasteiger partial charge in [-0.25, -0.2) is 0 Å². The molecule has 0 saturated heterocycles. The summed E-state index contributed by atoms with van der Waals surface area (Å²) in [5.41, 5.74) is 5.00. The molecule has 0 heterocycles. The highest BCUT2D eigenvalue weighted by atomic mass is 35.5. The van der Waals surface area contributed by atoms with Crippen LogP contribution in [0.15, 0.2) is 36.4 Å². The van der Waals surface area contributed by atoms with Crippen molar-refractivity contribution in [2.24, 2.45) is 0 Å². The minimum atomic E-state index is 0.620. The van der Waals surface area contributed by atoms with Gasteiger partial charge in [0.2, 0.25) is 0 Å². The molecule has 0 aliphatic heterocycles. The van der Waals surface area contributed by atoms with Gasteiger partial charge in [0.25, 0.3) is 0 Å². The summed E-state index contributed by atoms with van der Waals surface area (Å²) >= 11 is 12.8. The molecule has 0 spiro atoms. The summed E-state index contributed by atoms with van der Waals surface area (Å²) in [4.78, 5) is 2.32. The summed E-state index contributed by atoms with van der Waals surface area (Å²) in [5.74, 6) is 0. The molecule has 0 aromatic heterocycles. The Hall–Kier alpha value is -1.02. The van der Waals surface area contributed by atoms with Gasteiger partial charge in [-0.3, -0.25) is 0 Å². The molecule has 0 saturated carbocycles. The third kappa shape index (κ3) is 2.83. The lowest BCUT2D eigenvalue weighted by Gasteiger charge is -2.31. The number of nitrogens with zero attached hydrogens (tertiary/aromatic N) is 1. The van der Waals surface area contributed by atoms with Gasteiger partial charge >= 0.3 is 0 Å². The van der Waals surface area contributed by atoms with E-state index in [1.165, 1.54) is 23.1 Å². The van der Waals surface area contributed by atoms with E-state index in [0.717, 1.165) is 28.5 Å². The molecule has 2 aromatic carbocycles. The van der Waals surface area contributed by atoms with Crippen molar-refractivity contribution < 1.29 is 0 Å². The van der Waals surface area contributed by atoms with Gasteiger partial charge in [0, 0.05) is 21.7 Å². The molecule has 1 unspecified atom stereocenters. The molecule has 3 heteroatoms. The number of halogens is 2. The minimum absolute atomic E-state index is 0.620. The summed E-state index contributed by atoms with van der Waals surface area (Å²) in [6, 6.07) is 12.8. The van der Waals surface area contributed by atoms with Crippen molar-refractivity contribution in [3.8, 4) is 11.1 Å². The Morgan fingerprint density at radius 1 is 1.00 bits per heavy atom. The van der Waals surface area contributed by atoms with E-state index in [-0.39, 0.29) is 0 Å². The zero-order valence-corrected chi connectivity index (χ0v) is 13.9. The lowest BCUT2D eigenvalue weighted by molar-refractivity contribution is 0.268.